The first-order valence-corrected chi connectivity index (χ1v) is 11.6. The Hall–Kier alpha value is -3.55. The lowest BCUT2D eigenvalue weighted by molar-refractivity contribution is -0.133. The third kappa shape index (κ3) is 3.50. The molecule has 33 heavy (non-hydrogen) atoms. The van der Waals surface area contributed by atoms with Crippen LogP contribution in [0.15, 0.2) is 58.8 Å². The van der Waals surface area contributed by atoms with Crippen molar-refractivity contribution >= 4 is 23.8 Å². The summed E-state index contributed by atoms with van der Waals surface area (Å²) in [5.41, 5.74) is 3.77. The van der Waals surface area contributed by atoms with Crippen LogP contribution in [0, 0.1) is 31.6 Å². The van der Waals surface area contributed by atoms with Crippen molar-refractivity contribution < 1.29 is 4.79 Å². The van der Waals surface area contributed by atoms with Crippen molar-refractivity contribution in [1.29, 1.82) is 0 Å². The van der Waals surface area contributed by atoms with Gasteiger partial charge >= 0.3 is 0 Å². The minimum atomic E-state index is -0.348. The van der Waals surface area contributed by atoms with Crippen molar-refractivity contribution in [2.75, 3.05) is 31.1 Å². The van der Waals surface area contributed by atoms with Gasteiger partial charge in [-0.15, -0.1) is 0 Å². The lowest BCUT2D eigenvalue weighted by Crippen LogP contribution is -2.45. The molecule has 2 unspecified atom stereocenters. The number of aromatic nitrogens is 2. The molecule has 168 valence electrons. The van der Waals surface area contributed by atoms with Crippen LogP contribution in [0.3, 0.4) is 0 Å². The van der Waals surface area contributed by atoms with Crippen molar-refractivity contribution in [1.82, 2.24) is 20.0 Å². The third-order valence-electron chi connectivity index (χ3n) is 7.08. The quantitative estimate of drug-likeness (QED) is 0.730. The predicted octanol–water partition coefficient (Wildman–Crippen LogP) is 2.25. The second-order valence-electron chi connectivity index (χ2n) is 9.41. The summed E-state index contributed by atoms with van der Waals surface area (Å²) in [7, 11) is 0. The summed E-state index contributed by atoms with van der Waals surface area (Å²) in [5, 5.41) is 10.8. The van der Waals surface area contributed by atoms with Gasteiger partial charge in [-0.3, -0.25) is 4.79 Å². The van der Waals surface area contributed by atoms with Gasteiger partial charge in [-0.1, -0.05) is 36.4 Å². The molecule has 0 bridgehead atoms. The molecule has 0 aliphatic carbocycles. The molecule has 6 rings (SSSR count). The highest BCUT2D eigenvalue weighted by Crippen LogP contribution is 2.36. The summed E-state index contributed by atoms with van der Waals surface area (Å²) >= 11 is 0. The monoisotopic (exact) mass is 441 g/mol. The molecule has 5 heterocycles. The molecule has 4 aliphatic rings. The molecule has 4 aliphatic heterocycles. The van der Waals surface area contributed by atoms with Crippen molar-refractivity contribution in [3.05, 3.63) is 65.5 Å². The first-order valence-electron chi connectivity index (χ1n) is 11.6. The van der Waals surface area contributed by atoms with Crippen molar-refractivity contribution in [2.24, 2.45) is 28.0 Å². The second-order valence-corrected chi connectivity index (χ2v) is 9.41. The van der Waals surface area contributed by atoms with Crippen molar-refractivity contribution in [2.45, 2.75) is 19.9 Å². The van der Waals surface area contributed by atoms with Crippen molar-refractivity contribution in [3.8, 4) is 0 Å². The first-order chi connectivity index (χ1) is 16.1. The van der Waals surface area contributed by atoms with E-state index in [9.17, 15) is 4.79 Å². The Labute approximate surface area is 193 Å². The lowest BCUT2D eigenvalue weighted by atomic mass is 9.89. The number of hydrogen-bond acceptors (Lipinski definition) is 7. The SMILES string of the molecule is Cc1cc(C)nc(N2C[C@H]3CN(C(=O)C4C(c5ccccc5)=NN5N=CC=CC45)C[C@H]3C2)n1. The minimum Gasteiger partial charge on any atom is -0.341 e. The van der Waals surface area contributed by atoms with E-state index in [-0.39, 0.29) is 17.9 Å². The summed E-state index contributed by atoms with van der Waals surface area (Å²) < 4.78 is 0. The van der Waals surface area contributed by atoms with Crippen LogP contribution in [0.5, 0.6) is 0 Å². The van der Waals surface area contributed by atoms with Crippen LogP contribution in [0.25, 0.3) is 0 Å². The Morgan fingerprint density at radius 2 is 1.67 bits per heavy atom. The number of anilines is 1. The van der Waals surface area contributed by atoms with Crippen LogP contribution >= 0.6 is 0 Å². The standard InChI is InChI=1S/C25H27N7O/c1-16-11-17(2)28-25(27-16)31-14-19-12-30(13-20(19)15-31)24(33)22-21-9-6-10-26-32(21)29-23(22)18-7-4-3-5-8-18/h3-11,19-22H,12-15H2,1-2H3/t19-,20+,21?,22?. The van der Waals surface area contributed by atoms with Crippen LogP contribution in [0.2, 0.25) is 0 Å². The number of amides is 1. The van der Waals surface area contributed by atoms with Gasteiger partial charge in [-0.25, -0.2) is 9.97 Å². The highest BCUT2D eigenvalue weighted by Gasteiger charge is 2.48. The molecule has 8 nitrogen and oxygen atoms in total. The van der Waals surface area contributed by atoms with Gasteiger partial charge in [-0.2, -0.15) is 15.3 Å². The topological polar surface area (TPSA) is 77.3 Å². The van der Waals surface area contributed by atoms with E-state index in [0.717, 1.165) is 54.8 Å². The first kappa shape index (κ1) is 20.1. The van der Waals surface area contributed by atoms with E-state index in [2.05, 4.69) is 20.0 Å². The van der Waals surface area contributed by atoms with Crippen LogP contribution < -0.4 is 4.90 Å². The third-order valence-corrected chi connectivity index (χ3v) is 7.08. The molecule has 1 aromatic carbocycles. The van der Waals surface area contributed by atoms with E-state index < -0.39 is 0 Å². The van der Waals surface area contributed by atoms with E-state index in [1.165, 1.54) is 0 Å². The molecular formula is C25H27N7O. The maximum Gasteiger partial charge on any atom is 0.234 e. The molecule has 0 N–H and O–H groups in total. The van der Waals surface area contributed by atoms with E-state index in [0.29, 0.717) is 11.8 Å². The van der Waals surface area contributed by atoms with Gasteiger partial charge in [0.15, 0.2) is 0 Å². The molecule has 2 fully saturated rings. The summed E-state index contributed by atoms with van der Waals surface area (Å²) in [4.78, 5) is 27.5. The molecule has 1 aromatic heterocycles. The van der Waals surface area contributed by atoms with E-state index in [4.69, 9.17) is 5.10 Å². The number of nitrogens with zero attached hydrogens (tertiary/aromatic N) is 7. The van der Waals surface area contributed by atoms with Crippen molar-refractivity contribution in [3.63, 3.8) is 0 Å². The van der Waals surface area contributed by atoms with Crippen LogP contribution in [-0.4, -0.2) is 70.0 Å². The maximum absolute atomic E-state index is 13.9. The molecule has 0 radical (unpaired) electrons. The van der Waals surface area contributed by atoms with Gasteiger partial charge in [0.1, 0.15) is 12.0 Å². The molecule has 0 spiro atoms. The van der Waals surface area contributed by atoms with Crippen LogP contribution in [-0.2, 0) is 4.79 Å². The number of hydrogen-bond donors (Lipinski definition) is 0. The Morgan fingerprint density at radius 3 is 2.36 bits per heavy atom. The van der Waals surface area contributed by atoms with Gasteiger partial charge in [0.2, 0.25) is 11.9 Å². The largest absolute Gasteiger partial charge is 0.341 e. The summed E-state index contributed by atoms with van der Waals surface area (Å²) in [6.45, 7) is 7.33. The number of likely N-dealkylation sites (tertiary alicyclic amines) is 1. The number of aryl methyl sites for hydroxylation is 2. The number of hydrazone groups is 2. The highest BCUT2D eigenvalue weighted by atomic mass is 16.2. The predicted molar refractivity (Wildman–Crippen MR) is 127 cm³/mol. The normalized spacial score (nSPS) is 27.7. The smallest absolute Gasteiger partial charge is 0.234 e. The zero-order valence-electron chi connectivity index (χ0n) is 18.9. The minimum absolute atomic E-state index is 0.149. The molecular weight excluding hydrogens is 414 g/mol. The van der Waals surface area contributed by atoms with E-state index >= 15 is 0 Å². The highest BCUT2D eigenvalue weighted by molar-refractivity contribution is 6.15. The second kappa shape index (κ2) is 7.79. The number of benzene rings is 1. The molecule has 2 aromatic rings. The summed E-state index contributed by atoms with van der Waals surface area (Å²) in [6.07, 6.45) is 5.66. The Bertz CT molecular complexity index is 1140. The number of rotatable bonds is 3. The molecule has 4 atom stereocenters. The van der Waals surface area contributed by atoms with Crippen LogP contribution in [0.4, 0.5) is 5.95 Å². The molecule has 8 heteroatoms. The van der Waals surface area contributed by atoms with Gasteiger partial charge in [0.05, 0.1) is 5.71 Å². The average molecular weight is 442 g/mol. The van der Waals surface area contributed by atoms with Gasteiger partial charge in [-0.05, 0) is 31.6 Å². The Morgan fingerprint density at radius 1 is 0.970 bits per heavy atom. The number of carbonyl (C=O) groups excluding carboxylic acids is 1. The fourth-order valence-corrected chi connectivity index (χ4v) is 5.59. The summed E-state index contributed by atoms with van der Waals surface area (Å²) in [6, 6.07) is 11.8. The number of allylic oxidation sites excluding steroid dienone is 1. The molecule has 2 saturated heterocycles. The fourth-order valence-electron chi connectivity index (χ4n) is 5.59. The van der Waals surface area contributed by atoms with E-state index in [1.54, 1.807) is 11.3 Å². The van der Waals surface area contributed by atoms with Crippen LogP contribution in [0.1, 0.15) is 17.0 Å². The van der Waals surface area contributed by atoms with Gasteiger partial charge in [0, 0.05) is 55.6 Å². The molecule has 1 amide bonds. The van der Waals surface area contributed by atoms with Gasteiger partial charge < -0.3 is 9.80 Å². The fraction of sp³-hybridized carbons (Fsp3) is 0.400. The Kier molecular flexibility index (Phi) is 4.74. The lowest BCUT2D eigenvalue weighted by Gasteiger charge is -2.28. The number of carbonyl (C=O) groups is 1. The maximum atomic E-state index is 13.9. The van der Waals surface area contributed by atoms with Gasteiger partial charge in [0.25, 0.3) is 0 Å². The zero-order chi connectivity index (χ0) is 22.5. The average Bonchev–Trinajstić information content (AvgIpc) is 3.50. The zero-order valence-corrected chi connectivity index (χ0v) is 18.9. The molecule has 0 saturated carbocycles. The Balaban J connectivity index is 1.20. The number of fused-ring (bicyclic) bond motifs is 2. The van der Waals surface area contributed by atoms with E-state index in [1.807, 2.05) is 67.3 Å². The summed E-state index contributed by atoms with van der Waals surface area (Å²) in [5.74, 6) is 1.49.